The Morgan fingerprint density at radius 1 is 1.29 bits per heavy atom. The summed E-state index contributed by atoms with van der Waals surface area (Å²) >= 11 is 0. The van der Waals surface area contributed by atoms with Gasteiger partial charge in [-0.25, -0.2) is 4.98 Å². The Morgan fingerprint density at radius 3 is 2.52 bits per heavy atom. The molecule has 2 fully saturated rings. The van der Waals surface area contributed by atoms with E-state index in [2.05, 4.69) is 15.0 Å². The second-order valence-corrected chi connectivity index (χ2v) is 8.15. The van der Waals surface area contributed by atoms with Crippen LogP contribution in [0.2, 0.25) is 0 Å². The number of nitrogens with zero attached hydrogens (tertiary/aromatic N) is 3. The van der Waals surface area contributed by atoms with Crippen LogP contribution in [0.3, 0.4) is 0 Å². The molecule has 2 aliphatic rings. The summed E-state index contributed by atoms with van der Waals surface area (Å²) in [6.45, 7) is 3.36. The largest absolute Gasteiger partial charge is 0.369 e. The van der Waals surface area contributed by atoms with Crippen LogP contribution in [0.4, 0.5) is 5.95 Å². The predicted molar refractivity (Wildman–Crippen MR) is 101 cm³/mol. The molecule has 2 saturated heterocycles. The van der Waals surface area contributed by atoms with Crippen molar-refractivity contribution in [3.05, 3.63) is 16.7 Å². The minimum Gasteiger partial charge on any atom is -0.369 e. The standard InChI is InChI=1S/C13H18N5O7P.H3O3P.Y/c1-13(2)24-7-5(3-22-26(20)21)23-11(8(7)25-13)18-4-15-6-9(18)16-12(14)17-10(6)19;1-4(2)3;/h4-5,7-8,11,26H,3H2,1-2H3,(H,20,21)(H3,14,16,17,19);4H,(H2,1,2,3);/t5-,7?,8?,11-;;/m1../s1. The van der Waals surface area contributed by atoms with Gasteiger partial charge in [-0.2, -0.15) is 4.98 Å². The Morgan fingerprint density at radius 2 is 1.90 bits per heavy atom. The van der Waals surface area contributed by atoms with E-state index in [1.165, 1.54) is 10.9 Å². The Balaban J connectivity index is 0.000000631. The second kappa shape index (κ2) is 10.6. The van der Waals surface area contributed by atoms with E-state index in [0.717, 1.165) is 0 Å². The van der Waals surface area contributed by atoms with Crippen molar-refractivity contribution in [2.45, 2.75) is 44.2 Å². The van der Waals surface area contributed by atoms with Gasteiger partial charge in [-0.3, -0.25) is 23.5 Å². The van der Waals surface area contributed by atoms with Crippen LogP contribution in [-0.2, 0) is 60.6 Å². The van der Waals surface area contributed by atoms with E-state index in [1.807, 2.05) is 0 Å². The third-order valence-electron chi connectivity index (χ3n) is 4.22. The van der Waals surface area contributed by atoms with Gasteiger partial charge < -0.3 is 39.1 Å². The van der Waals surface area contributed by atoms with Gasteiger partial charge in [0.15, 0.2) is 23.2 Å². The number of hydrogen-bond donors (Lipinski definition) is 5. The molecule has 4 rings (SSSR count). The first-order chi connectivity index (χ1) is 14.0. The number of ether oxygens (including phenoxy) is 3. The minimum absolute atomic E-state index is 0. The number of nitrogen functional groups attached to an aromatic ring is 1. The zero-order valence-electron chi connectivity index (χ0n) is 16.3. The SMILES string of the molecule is CC1(C)OC2C(O1)[C@@H](CO[PH](=O)O)O[C@H]2n1cnc2c(=O)[nH]c(N)nc21.O=[PH](O)O.[Y]. The smallest absolute Gasteiger partial charge is 0.316 e. The number of nitrogens with two attached hydrogens (primary N) is 1. The molecular formula is C13H21N5O10P2Y. The van der Waals surface area contributed by atoms with Crippen molar-refractivity contribution in [2.75, 3.05) is 12.3 Å². The molecule has 3 unspecified atom stereocenters. The van der Waals surface area contributed by atoms with Gasteiger partial charge >= 0.3 is 16.5 Å². The Hall–Kier alpha value is -0.566. The summed E-state index contributed by atoms with van der Waals surface area (Å²) < 4.78 is 43.7. The molecule has 5 atom stereocenters. The van der Waals surface area contributed by atoms with Gasteiger partial charge in [0.1, 0.15) is 18.3 Å². The van der Waals surface area contributed by atoms with Crippen molar-refractivity contribution in [3.63, 3.8) is 0 Å². The maximum absolute atomic E-state index is 12.0. The van der Waals surface area contributed by atoms with Crippen molar-refractivity contribution >= 4 is 33.6 Å². The zero-order valence-corrected chi connectivity index (χ0v) is 21.1. The van der Waals surface area contributed by atoms with Crippen LogP contribution in [0.25, 0.3) is 11.2 Å². The second-order valence-electron chi connectivity index (χ2n) is 6.76. The predicted octanol–water partition coefficient (Wildman–Crippen LogP) is -1.12. The monoisotopic (exact) mass is 558 g/mol. The molecule has 2 aromatic heterocycles. The minimum atomic E-state index is -3.13. The first kappa shape index (κ1) is 26.7. The molecule has 0 bridgehead atoms. The first-order valence-corrected chi connectivity index (χ1v) is 11.1. The van der Waals surface area contributed by atoms with Gasteiger partial charge in [0, 0.05) is 32.7 Å². The van der Waals surface area contributed by atoms with Gasteiger partial charge in [-0.15, -0.1) is 0 Å². The molecule has 0 saturated carbocycles. The van der Waals surface area contributed by atoms with Crippen LogP contribution in [0, 0.1) is 0 Å². The maximum atomic E-state index is 12.0. The summed E-state index contributed by atoms with van der Waals surface area (Å²) in [5, 5.41) is 0. The topological polar surface area (TPSA) is 221 Å². The third kappa shape index (κ3) is 6.27. The quantitative estimate of drug-likeness (QED) is 0.281. The van der Waals surface area contributed by atoms with Crippen LogP contribution < -0.4 is 11.3 Å². The van der Waals surface area contributed by atoms with Gasteiger partial charge in [-0.1, -0.05) is 0 Å². The van der Waals surface area contributed by atoms with Gasteiger partial charge in [0.05, 0.1) is 12.9 Å². The van der Waals surface area contributed by atoms with E-state index >= 15 is 0 Å². The molecule has 0 spiro atoms. The molecule has 4 heterocycles. The Bertz CT molecular complexity index is 1030. The molecule has 15 nitrogen and oxygen atoms in total. The van der Waals surface area contributed by atoms with Crippen LogP contribution in [-0.4, -0.2) is 64.9 Å². The number of aromatic amines is 1. The first-order valence-electron chi connectivity index (χ1n) is 8.49. The van der Waals surface area contributed by atoms with Crippen molar-refractivity contribution in [1.82, 2.24) is 19.5 Å². The van der Waals surface area contributed by atoms with Crippen LogP contribution in [0.5, 0.6) is 0 Å². The van der Waals surface area contributed by atoms with E-state index in [9.17, 15) is 9.36 Å². The summed E-state index contributed by atoms with van der Waals surface area (Å²) in [7, 11) is -6.24. The van der Waals surface area contributed by atoms with E-state index in [-0.39, 0.29) is 56.4 Å². The van der Waals surface area contributed by atoms with Gasteiger partial charge in [0.25, 0.3) is 5.56 Å². The molecular weight excluding hydrogens is 537 g/mol. The fourth-order valence-electron chi connectivity index (χ4n) is 3.30. The third-order valence-corrected chi connectivity index (χ3v) is 4.63. The summed E-state index contributed by atoms with van der Waals surface area (Å²) in [6, 6.07) is 0. The van der Waals surface area contributed by atoms with E-state index in [1.54, 1.807) is 13.8 Å². The van der Waals surface area contributed by atoms with E-state index in [0.29, 0.717) is 0 Å². The fraction of sp³-hybridized carbons (Fsp3) is 0.615. The number of H-pyrrole nitrogens is 1. The molecule has 2 aliphatic heterocycles. The Kier molecular flexibility index (Phi) is 9.10. The summed E-state index contributed by atoms with van der Waals surface area (Å²) in [5.41, 5.74) is 5.50. The molecule has 0 amide bonds. The summed E-state index contributed by atoms with van der Waals surface area (Å²) in [6.07, 6.45) is -1.06. The fourth-order valence-corrected chi connectivity index (χ4v) is 3.61. The van der Waals surface area contributed by atoms with Gasteiger partial charge in [0.2, 0.25) is 5.95 Å². The van der Waals surface area contributed by atoms with Crippen molar-refractivity contribution in [2.24, 2.45) is 0 Å². The normalized spacial score (nSPS) is 27.4. The number of fused-ring (bicyclic) bond motifs is 2. The molecule has 6 N–H and O–H groups in total. The van der Waals surface area contributed by atoms with Crippen molar-refractivity contribution < 1.29 is 75.3 Å². The number of imidazole rings is 1. The molecule has 31 heavy (non-hydrogen) atoms. The number of nitrogens with one attached hydrogen (secondary N) is 1. The molecule has 1 radical (unpaired) electrons. The number of anilines is 1. The molecule has 0 aromatic carbocycles. The number of hydrogen-bond acceptors (Lipinski definition) is 10. The van der Waals surface area contributed by atoms with Crippen molar-refractivity contribution in [1.29, 1.82) is 0 Å². The van der Waals surface area contributed by atoms with E-state index in [4.69, 9.17) is 43.7 Å². The van der Waals surface area contributed by atoms with Crippen molar-refractivity contribution in [3.8, 4) is 0 Å². The van der Waals surface area contributed by atoms with Crippen LogP contribution in [0.15, 0.2) is 11.1 Å². The van der Waals surface area contributed by atoms with Crippen LogP contribution >= 0.6 is 16.5 Å². The Labute approximate surface area is 201 Å². The average Bonchev–Trinajstić information content (AvgIpc) is 3.23. The molecule has 171 valence electrons. The molecule has 0 aliphatic carbocycles. The molecule has 2 aromatic rings. The zero-order chi connectivity index (χ0) is 22.2. The van der Waals surface area contributed by atoms with Crippen LogP contribution in [0.1, 0.15) is 20.1 Å². The molecule has 18 heteroatoms. The number of rotatable bonds is 4. The number of aromatic nitrogens is 4. The summed E-state index contributed by atoms with van der Waals surface area (Å²) in [5.74, 6) is -0.929. The van der Waals surface area contributed by atoms with E-state index < -0.39 is 52.4 Å². The maximum Gasteiger partial charge on any atom is 0.316 e. The average molecular weight is 558 g/mol. The summed E-state index contributed by atoms with van der Waals surface area (Å²) in [4.78, 5) is 45.8. The van der Waals surface area contributed by atoms with Gasteiger partial charge in [-0.05, 0) is 13.8 Å².